The van der Waals surface area contributed by atoms with Crippen LogP contribution in [0.25, 0.3) is 11.4 Å². The second-order valence-electron chi connectivity index (χ2n) is 8.20. The molecule has 1 fully saturated rings. The molecule has 3 heterocycles. The molecule has 0 saturated carbocycles. The lowest BCUT2D eigenvalue weighted by molar-refractivity contribution is -0.143. The zero-order chi connectivity index (χ0) is 23.4. The van der Waals surface area contributed by atoms with E-state index in [-0.39, 0.29) is 17.0 Å². The number of carbonyl (C=O) groups is 1. The molecule has 1 aliphatic rings. The summed E-state index contributed by atoms with van der Waals surface area (Å²) >= 11 is 6.07. The van der Waals surface area contributed by atoms with Gasteiger partial charge >= 0.3 is 5.97 Å². The molecule has 0 spiro atoms. The van der Waals surface area contributed by atoms with Gasteiger partial charge in [0, 0.05) is 37.8 Å². The van der Waals surface area contributed by atoms with E-state index in [1.807, 2.05) is 37.5 Å². The summed E-state index contributed by atoms with van der Waals surface area (Å²) in [4.78, 5) is 21.6. The lowest BCUT2D eigenvalue weighted by Gasteiger charge is -2.29. The number of nitrogen functional groups attached to an aromatic ring is 1. The molecule has 1 aromatic carbocycles. The Balaban J connectivity index is 1.43. The number of aryl methyl sites for hydroxylation is 1. The number of nitrogens with two attached hydrogens (primary N) is 1. The lowest BCUT2D eigenvalue weighted by Crippen LogP contribution is -2.38. The van der Waals surface area contributed by atoms with Crippen LogP contribution in [0.4, 0.5) is 5.95 Å². The molecule has 0 aliphatic carbocycles. The Labute approximate surface area is 197 Å². The number of aliphatic carboxylic acids is 1. The molecule has 0 atom stereocenters. The quantitative estimate of drug-likeness (QED) is 0.482. The smallest absolute Gasteiger partial charge is 0.306 e. The van der Waals surface area contributed by atoms with Crippen LogP contribution < -0.4 is 10.5 Å². The number of carboxylic acid groups (broad SMARTS) is 1. The number of aromatic nitrogens is 4. The monoisotopic (exact) mass is 470 g/mol. The van der Waals surface area contributed by atoms with Crippen LogP contribution in [0, 0.1) is 5.92 Å². The molecule has 1 aliphatic heterocycles. The van der Waals surface area contributed by atoms with E-state index in [9.17, 15) is 4.79 Å². The third kappa shape index (κ3) is 5.80. The van der Waals surface area contributed by atoms with Gasteiger partial charge in [0.15, 0.2) is 0 Å². The van der Waals surface area contributed by atoms with Crippen molar-refractivity contribution in [1.82, 2.24) is 24.6 Å². The van der Waals surface area contributed by atoms with Crippen LogP contribution in [0.5, 0.6) is 5.75 Å². The number of benzene rings is 1. The number of rotatable bonds is 8. The minimum absolute atomic E-state index is 0.102. The van der Waals surface area contributed by atoms with Gasteiger partial charge in [-0.2, -0.15) is 5.10 Å². The number of likely N-dealkylation sites (tertiary alicyclic amines) is 1. The average Bonchev–Trinajstić information content (AvgIpc) is 3.15. The maximum absolute atomic E-state index is 11.1. The van der Waals surface area contributed by atoms with Gasteiger partial charge in [-0.3, -0.25) is 14.4 Å². The highest BCUT2D eigenvalue weighted by atomic mass is 35.5. The van der Waals surface area contributed by atoms with Crippen molar-refractivity contribution in [3.63, 3.8) is 0 Å². The molecule has 1 saturated heterocycles. The Morgan fingerprint density at radius 1 is 1.24 bits per heavy atom. The zero-order valence-electron chi connectivity index (χ0n) is 18.4. The fourth-order valence-corrected chi connectivity index (χ4v) is 4.31. The first-order chi connectivity index (χ1) is 15.9. The van der Waals surface area contributed by atoms with Gasteiger partial charge in [-0.05, 0) is 37.6 Å². The molecule has 0 bridgehead atoms. The fraction of sp³-hybridized carbons (Fsp3) is 0.391. The van der Waals surface area contributed by atoms with Gasteiger partial charge in [0.25, 0.3) is 0 Å². The molecule has 0 amide bonds. The van der Waals surface area contributed by atoms with Crippen LogP contribution in [-0.4, -0.2) is 62.0 Å². The van der Waals surface area contributed by atoms with Crippen LogP contribution >= 0.6 is 11.6 Å². The van der Waals surface area contributed by atoms with Crippen LogP contribution in [-0.2, 0) is 18.3 Å². The van der Waals surface area contributed by atoms with Crippen molar-refractivity contribution in [2.45, 2.75) is 19.3 Å². The molecule has 0 radical (unpaired) electrons. The maximum atomic E-state index is 11.1. The van der Waals surface area contributed by atoms with E-state index in [1.165, 1.54) is 0 Å². The molecule has 2 aromatic heterocycles. The number of anilines is 1. The number of halogens is 1. The Morgan fingerprint density at radius 2 is 2.00 bits per heavy atom. The highest BCUT2D eigenvalue weighted by Crippen LogP contribution is 2.28. The molecule has 0 unspecified atom stereocenters. The third-order valence-corrected chi connectivity index (χ3v) is 6.01. The van der Waals surface area contributed by atoms with E-state index >= 15 is 0 Å². The van der Waals surface area contributed by atoms with E-state index in [2.05, 4.69) is 20.0 Å². The first-order valence-electron chi connectivity index (χ1n) is 10.9. The van der Waals surface area contributed by atoms with Crippen molar-refractivity contribution >= 4 is 23.5 Å². The molecule has 33 heavy (non-hydrogen) atoms. The molecule has 174 valence electrons. The van der Waals surface area contributed by atoms with E-state index in [1.54, 1.807) is 10.7 Å². The van der Waals surface area contributed by atoms with Crippen LogP contribution in [0.1, 0.15) is 24.0 Å². The molecular weight excluding hydrogens is 444 g/mol. The summed E-state index contributed by atoms with van der Waals surface area (Å²) in [5.74, 6) is -0.00334. The maximum Gasteiger partial charge on any atom is 0.306 e. The number of nitrogens with zero attached hydrogens (tertiary/aromatic N) is 5. The van der Waals surface area contributed by atoms with Crippen molar-refractivity contribution in [2.75, 3.05) is 32.0 Å². The molecular formula is C23H27ClN6O3. The summed E-state index contributed by atoms with van der Waals surface area (Å²) in [6.45, 7) is 2.86. The van der Waals surface area contributed by atoms with E-state index in [0.717, 1.165) is 36.5 Å². The number of piperidine rings is 1. The number of ether oxygens (including phenoxy) is 1. The minimum atomic E-state index is -0.693. The highest BCUT2D eigenvalue weighted by Gasteiger charge is 2.24. The van der Waals surface area contributed by atoms with Gasteiger partial charge < -0.3 is 15.6 Å². The Bertz CT molecular complexity index is 1110. The van der Waals surface area contributed by atoms with Gasteiger partial charge in [0.1, 0.15) is 23.2 Å². The van der Waals surface area contributed by atoms with Gasteiger partial charge in [-0.15, -0.1) is 0 Å². The topological polar surface area (TPSA) is 119 Å². The van der Waals surface area contributed by atoms with Crippen LogP contribution in [0.3, 0.4) is 0 Å². The normalized spacial score (nSPS) is 15.0. The molecule has 3 aromatic rings. The summed E-state index contributed by atoms with van der Waals surface area (Å²) in [7, 11) is 1.86. The molecule has 10 heteroatoms. The zero-order valence-corrected chi connectivity index (χ0v) is 19.2. The van der Waals surface area contributed by atoms with Crippen molar-refractivity contribution in [2.24, 2.45) is 13.0 Å². The predicted molar refractivity (Wildman–Crippen MR) is 125 cm³/mol. The van der Waals surface area contributed by atoms with Gasteiger partial charge in [0.2, 0.25) is 5.95 Å². The first-order valence-corrected chi connectivity index (χ1v) is 11.3. The summed E-state index contributed by atoms with van der Waals surface area (Å²) < 4.78 is 7.86. The van der Waals surface area contributed by atoms with Crippen molar-refractivity contribution in [3.8, 4) is 17.1 Å². The lowest BCUT2D eigenvalue weighted by atomic mass is 9.97. The largest absolute Gasteiger partial charge is 0.492 e. The molecule has 3 N–H and O–H groups in total. The summed E-state index contributed by atoms with van der Waals surface area (Å²) in [6, 6.07) is 9.58. The van der Waals surface area contributed by atoms with Crippen molar-refractivity contribution in [3.05, 3.63) is 52.8 Å². The van der Waals surface area contributed by atoms with Crippen LogP contribution in [0.15, 0.2) is 36.5 Å². The number of hydrogen-bond acceptors (Lipinski definition) is 7. The van der Waals surface area contributed by atoms with Gasteiger partial charge in [-0.1, -0.05) is 29.8 Å². The molecule has 4 rings (SSSR count). The first kappa shape index (κ1) is 23.0. The highest BCUT2D eigenvalue weighted by molar-refractivity contribution is 6.29. The van der Waals surface area contributed by atoms with Crippen molar-refractivity contribution < 1.29 is 14.6 Å². The van der Waals surface area contributed by atoms with Crippen molar-refractivity contribution in [1.29, 1.82) is 0 Å². The summed E-state index contributed by atoms with van der Waals surface area (Å²) in [5, 5.41) is 14.0. The number of para-hydroxylation sites is 1. The molecule has 9 nitrogen and oxygen atoms in total. The minimum Gasteiger partial charge on any atom is -0.492 e. The Kier molecular flexibility index (Phi) is 7.10. The fourth-order valence-electron chi connectivity index (χ4n) is 4.12. The standard InChI is InChI=1S/C23H27ClN6O3/c1-29-14-17(21(28-29)18-13-20(24)27-23(25)26-18)12-16-4-2-3-5-19(16)33-11-10-30-8-6-15(7-9-30)22(31)32/h2-5,13-15H,6-12H2,1H3,(H,31,32)(H2,25,26,27). The van der Waals surface area contributed by atoms with Crippen LogP contribution in [0.2, 0.25) is 5.15 Å². The van der Waals surface area contributed by atoms with E-state index in [4.69, 9.17) is 27.2 Å². The van der Waals surface area contributed by atoms with E-state index < -0.39 is 5.97 Å². The Hall–Kier alpha value is -3.17. The SMILES string of the molecule is Cn1cc(Cc2ccccc2OCCN2CCC(C(=O)O)CC2)c(-c2cc(Cl)nc(N)n2)n1. The van der Waals surface area contributed by atoms with E-state index in [0.29, 0.717) is 37.3 Å². The third-order valence-electron chi connectivity index (χ3n) is 5.81. The summed E-state index contributed by atoms with van der Waals surface area (Å²) in [5.41, 5.74) is 9.05. The predicted octanol–water partition coefficient (Wildman–Crippen LogP) is 2.88. The Morgan fingerprint density at radius 3 is 2.73 bits per heavy atom. The second kappa shape index (κ2) is 10.2. The number of carboxylic acids is 1. The summed E-state index contributed by atoms with van der Waals surface area (Å²) in [6.07, 6.45) is 3.93. The van der Waals surface area contributed by atoms with Gasteiger partial charge in [0.05, 0.1) is 11.6 Å². The number of hydrogen-bond donors (Lipinski definition) is 2. The van der Waals surface area contributed by atoms with Gasteiger partial charge in [-0.25, -0.2) is 9.97 Å². The average molecular weight is 471 g/mol. The second-order valence-corrected chi connectivity index (χ2v) is 8.59.